The van der Waals surface area contributed by atoms with Crippen LogP contribution in [0.5, 0.6) is 0 Å². The van der Waals surface area contributed by atoms with Gasteiger partial charge in [0, 0.05) is 0 Å². The minimum absolute atomic E-state index is 0. The van der Waals surface area contributed by atoms with Crippen molar-refractivity contribution in [2.45, 2.75) is 6.42 Å². The second kappa shape index (κ2) is 9.48. The first-order valence-electron chi connectivity index (χ1n) is 1.93. The molecule has 3 nitrogen and oxygen atoms in total. The maximum absolute atomic E-state index is 5.08. The highest BCUT2D eigenvalue weighted by molar-refractivity contribution is 5.85. The van der Waals surface area contributed by atoms with Crippen LogP contribution in [-0.2, 0) is 4.84 Å². The average Bonchev–Trinajstić information content (AvgIpc) is 1.61. The molecule has 4 N–H and O–H groups in total. The van der Waals surface area contributed by atoms with E-state index in [4.69, 9.17) is 5.73 Å². The molecule has 0 bridgehead atoms. The first kappa shape index (κ1) is 10.2. The van der Waals surface area contributed by atoms with Gasteiger partial charge in [0.05, 0.1) is 6.61 Å². The number of nitrogens with two attached hydrogens (primary N) is 2. The van der Waals surface area contributed by atoms with Gasteiger partial charge in [-0.25, -0.2) is 5.90 Å². The molecule has 0 aromatic carbocycles. The summed E-state index contributed by atoms with van der Waals surface area (Å²) in [5.74, 6) is 4.66. The highest BCUT2D eigenvalue weighted by Crippen LogP contribution is 1.68. The van der Waals surface area contributed by atoms with Crippen LogP contribution in [0.3, 0.4) is 0 Å². The SMILES string of the molecule is Cl.NCCCON. The highest BCUT2D eigenvalue weighted by Gasteiger charge is 1.75. The lowest BCUT2D eigenvalue weighted by Crippen LogP contribution is -2.07. The van der Waals surface area contributed by atoms with Crippen molar-refractivity contribution in [1.29, 1.82) is 0 Å². The Morgan fingerprint density at radius 3 is 2.14 bits per heavy atom. The standard InChI is InChI=1S/C3H10N2O.ClH/c4-2-1-3-6-5;/h1-5H2;1H. The highest BCUT2D eigenvalue weighted by atomic mass is 35.5. The van der Waals surface area contributed by atoms with E-state index in [-0.39, 0.29) is 12.4 Å². The molecule has 0 heterocycles. The van der Waals surface area contributed by atoms with Crippen LogP contribution in [-0.4, -0.2) is 13.2 Å². The first-order valence-corrected chi connectivity index (χ1v) is 1.93. The second-order valence-electron chi connectivity index (χ2n) is 1.01. The molecular weight excluding hydrogens is 115 g/mol. The molecule has 0 aromatic rings. The lowest BCUT2D eigenvalue weighted by molar-refractivity contribution is 0.137. The summed E-state index contributed by atoms with van der Waals surface area (Å²) >= 11 is 0. The third-order valence-electron chi connectivity index (χ3n) is 0.466. The zero-order valence-corrected chi connectivity index (χ0v) is 4.91. The molecule has 0 fully saturated rings. The Morgan fingerprint density at radius 2 is 2.00 bits per heavy atom. The molecule has 0 rings (SSSR count). The lowest BCUT2D eigenvalue weighted by atomic mass is 10.5. The van der Waals surface area contributed by atoms with Gasteiger partial charge in [-0.1, -0.05) is 0 Å². The Morgan fingerprint density at radius 1 is 1.43 bits per heavy atom. The smallest absolute Gasteiger partial charge is 0.0691 e. The number of hydrogen-bond donors (Lipinski definition) is 2. The van der Waals surface area contributed by atoms with Gasteiger partial charge >= 0.3 is 0 Å². The van der Waals surface area contributed by atoms with E-state index >= 15 is 0 Å². The van der Waals surface area contributed by atoms with Gasteiger partial charge in [-0.05, 0) is 13.0 Å². The molecule has 4 heteroatoms. The summed E-state index contributed by atoms with van der Waals surface area (Å²) < 4.78 is 0. The second-order valence-corrected chi connectivity index (χ2v) is 1.01. The zero-order valence-electron chi connectivity index (χ0n) is 4.09. The van der Waals surface area contributed by atoms with Gasteiger partial charge in [-0.15, -0.1) is 12.4 Å². The molecule has 0 saturated heterocycles. The molecule has 0 amide bonds. The van der Waals surface area contributed by atoms with Crippen molar-refractivity contribution in [1.82, 2.24) is 0 Å². The predicted molar refractivity (Wildman–Crippen MR) is 31.1 cm³/mol. The van der Waals surface area contributed by atoms with E-state index in [1.807, 2.05) is 0 Å². The van der Waals surface area contributed by atoms with Crippen LogP contribution in [0.15, 0.2) is 0 Å². The maximum atomic E-state index is 5.08. The molecule has 0 aliphatic rings. The molecule has 46 valence electrons. The molecule has 0 atom stereocenters. The Hall–Kier alpha value is 0.170. The molecule has 0 saturated carbocycles. The molecular formula is C3H11ClN2O. The molecule has 0 aromatic heterocycles. The van der Waals surface area contributed by atoms with Crippen LogP contribution < -0.4 is 11.6 Å². The molecule has 0 spiro atoms. The van der Waals surface area contributed by atoms with Crippen LogP contribution in [0.1, 0.15) is 6.42 Å². The summed E-state index contributed by atoms with van der Waals surface area (Å²) in [6.07, 6.45) is 0.844. The predicted octanol–water partition coefficient (Wildman–Crippen LogP) is -0.353. The van der Waals surface area contributed by atoms with Crippen molar-refractivity contribution in [2.24, 2.45) is 11.6 Å². The molecule has 0 aliphatic carbocycles. The Bertz CT molecular complexity index is 24.9. The zero-order chi connectivity index (χ0) is 4.83. The topological polar surface area (TPSA) is 61.3 Å². The van der Waals surface area contributed by atoms with E-state index in [2.05, 4.69) is 10.7 Å². The largest absolute Gasteiger partial charge is 0.330 e. The fraction of sp³-hybridized carbons (Fsp3) is 1.00. The van der Waals surface area contributed by atoms with Crippen molar-refractivity contribution in [3.05, 3.63) is 0 Å². The first-order chi connectivity index (χ1) is 2.91. The average molecular weight is 127 g/mol. The lowest BCUT2D eigenvalue weighted by Gasteiger charge is -1.89. The van der Waals surface area contributed by atoms with Crippen molar-refractivity contribution in [3.8, 4) is 0 Å². The van der Waals surface area contributed by atoms with E-state index < -0.39 is 0 Å². The molecule has 0 aliphatic heterocycles. The number of hydrogen-bond acceptors (Lipinski definition) is 3. The molecule has 0 radical (unpaired) electrons. The van der Waals surface area contributed by atoms with Gasteiger partial charge < -0.3 is 10.6 Å². The van der Waals surface area contributed by atoms with Crippen LogP contribution in [0.25, 0.3) is 0 Å². The van der Waals surface area contributed by atoms with E-state index in [0.29, 0.717) is 13.2 Å². The Labute approximate surface area is 49.4 Å². The van der Waals surface area contributed by atoms with E-state index in [0.717, 1.165) is 6.42 Å². The normalized spacial score (nSPS) is 7.71. The van der Waals surface area contributed by atoms with Gasteiger partial charge in [0.25, 0.3) is 0 Å². The monoisotopic (exact) mass is 126 g/mol. The summed E-state index contributed by atoms with van der Waals surface area (Å²) in [4.78, 5) is 4.20. The van der Waals surface area contributed by atoms with Crippen LogP contribution >= 0.6 is 12.4 Å². The summed E-state index contributed by atoms with van der Waals surface area (Å²) in [6.45, 7) is 1.22. The van der Waals surface area contributed by atoms with Crippen LogP contribution in [0.4, 0.5) is 0 Å². The minimum Gasteiger partial charge on any atom is -0.330 e. The van der Waals surface area contributed by atoms with Crippen molar-refractivity contribution >= 4 is 12.4 Å². The van der Waals surface area contributed by atoms with Crippen molar-refractivity contribution in [3.63, 3.8) is 0 Å². The maximum Gasteiger partial charge on any atom is 0.0691 e. The number of rotatable bonds is 3. The Balaban J connectivity index is 0. The summed E-state index contributed by atoms with van der Waals surface area (Å²) in [6, 6.07) is 0. The van der Waals surface area contributed by atoms with Crippen molar-refractivity contribution < 1.29 is 4.84 Å². The summed E-state index contributed by atoms with van der Waals surface area (Å²) in [7, 11) is 0. The fourth-order valence-electron chi connectivity index (χ4n) is 0.167. The van der Waals surface area contributed by atoms with Crippen LogP contribution in [0, 0.1) is 0 Å². The van der Waals surface area contributed by atoms with E-state index in [1.54, 1.807) is 0 Å². The van der Waals surface area contributed by atoms with Crippen LogP contribution in [0.2, 0.25) is 0 Å². The van der Waals surface area contributed by atoms with Gasteiger partial charge in [-0.2, -0.15) is 0 Å². The third-order valence-corrected chi connectivity index (χ3v) is 0.466. The quantitative estimate of drug-likeness (QED) is 0.401. The molecule has 0 unspecified atom stereocenters. The third kappa shape index (κ3) is 10.7. The Kier molecular flexibility index (Phi) is 13.8. The van der Waals surface area contributed by atoms with Gasteiger partial charge in [0.1, 0.15) is 0 Å². The van der Waals surface area contributed by atoms with Gasteiger partial charge in [-0.3, -0.25) is 0 Å². The summed E-state index contributed by atoms with van der Waals surface area (Å²) in [5, 5.41) is 0. The summed E-state index contributed by atoms with van der Waals surface area (Å²) in [5.41, 5.74) is 5.08. The molecule has 7 heavy (non-hydrogen) atoms. The van der Waals surface area contributed by atoms with Gasteiger partial charge in [0.15, 0.2) is 0 Å². The van der Waals surface area contributed by atoms with E-state index in [1.165, 1.54) is 0 Å². The van der Waals surface area contributed by atoms with Crippen molar-refractivity contribution in [2.75, 3.05) is 13.2 Å². The van der Waals surface area contributed by atoms with Gasteiger partial charge in [0.2, 0.25) is 0 Å². The minimum atomic E-state index is 0. The van der Waals surface area contributed by atoms with E-state index in [9.17, 15) is 0 Å². The fourth-order valence-corrected chi connectivity index (χ4v) is 0.167. The number of halogens is 1.